The fourth-order valence-electron chi connectivity index (χ4n) is 1.38. The number of nitrogens with zero attached hydrogens (tertiary/aromatic N) is 1. The second-order valence-electron chi connectivity index (χ2n) is 3.96. The molecular weight excluding hydrogens is 313 g/mol. The molecule has 0 aliphatic heterocycles. The van der Waals surface area contributed by atoms with Gasteiger partial charge in [0.1, 0.15) is 5.75 Å². The first-order valence-electron chi connectivity index (χ1n) is 5.59. The van der Waals surface area contributed by atoms with Crippen molar-refractivity contribution in [1.29, 1.82) is 0 Å². The summed E-state index contributed by atoms with van der Waals surface area (Å²) in [4.78, 5) is 10.8. The van der Waals surface area contributed by atoms with Gasteiger partial charge in [0.25, 0.3) is 0 Å². The van der Waals surface area contributed by atoms with Gasteiger partial charge in [0, 0.05) is 20.2 Å². The molecule has 0 atom stereocenters. The molecule has 0 bridgehead atoms. The van der Waals surface area contributed by atoms with E-state index in [1.165, 1.54) is 7.05 Å². The minimum atomic E-state index is -4.92. The van der Waals surface area contributed by atoms with Crippen LogP contribution in [0, 0.1) is 0 Å². The highest BCUT2D eigenvalue weighted by atomic mass is 32.2. The quantitative estimate of drug-likeness (QED) is 0.874. The van der Waals surface area contributed by atoms with Gasteiger partial charge in [-0.2, -0.15) is 4.31 Å². The summed E-state index contributed by atoms with van der Waals surface area (Å²) in [5.74, 6) is -1.21. The molecule has 0 unspecified atom stereocenters. The average molecular weight is 326 g/mol. The molecule has 21 heavy (non-hydrogen) atoms. The van der Waals surface area contributed by atoms with Crippen LogP contribution in [0.15, 0.2) is 29.2 Å². The van der Waals surface area contributed by atoms with Gasteiger partial charge in [0.2, 0.25) is 15.9 Å². The van der Waals surface area contributed by atoms with Gasteiger partial charge in [-0.3, -0.25) is 4.79 Å². The van der Waals surface area contributed by atoms with Gasteiger partial charge in [-0.15, -0.1) is 13.2 Å². The van der Waals surface area contributed by atoms with Crippen molar-refractivity contribution < 1.29 is 31.1 Å². The maximum absolute atomic E-state index is 12.1. The highest BCUT2D eigenvalue weighted by Gasteiger charge is 2.32. The molecule has 6 nitrogen and oxygen atoms in total. The van der Waals surface area contributed by atoms with Crippen LogP contribution >= 0.6 is 0 Å². The number of sulfonamides is 1. The zero-order chi connectivity index (χ0) is 16.3. The molecule has 0 saturated heterocycles. The normalized spacial score (nSPS) is 12.3. The lowest BCUT2D eigenvalue weighted by molar-refractivity contribution is -0.274. The standard InChI is InChI=1S/C11H13F3N2O4S/c1-15-10(17)7-16(2)21(18,19)9-5-3-4-8(6-9)20-11(12,13)14/h3-6H,7H2,1-2H3,(H,15,17). The first-order chi connectivity index (χ1) is 9.56. The van der Waals surface area contributed by atoms with E-state index < -0.39 is 39.5 Å². The largest absolute Gasteiger partial charge is 0.573 e. The predicted molar refractivity (Wildman–Crippen MR) is 67.0 cm³/mol. The Labute approximate surface area is 119 Å². The molecule has 0 radical (unpaired) electrons. The number of hydrogen-bond donors (Lipinski definition) is 1. The molecule has 1 N–H and O–H groups in total. The third kappa shape index (κ3) is 4.90. The minimum Gasteiger partial charge on any atom is -0.406 e. The van der Waals surface area contributed by atoms with E-state index in [0.717, 1.165) is 35.6 Å². The van der Waals surface area contributed by atoms with Crippen LogP contribution in [0.3, 0.4) is 0 Å². The van der Waals surface area contributed by atoms with E-state index >= 15 is 0 Å². The molecule has 0 saturated carbocycles. The third-order valence-electron chi connectivity index (χ3n) is 2.39. The maximum atomic E-state index is 12.1. The Morgan fingerprint density at radius 2 is 2.00 bits per heavy atom. The van der Waals surface area contributed by atoms with Gasteiger partial charge in [-0.1, -0.05) is 6.07 Å². The van der Waals surface area contributed by atoms with E-state index in [1.54, 1.807) is 0 Å². The van der Waals surface area contributed by atoms with Crippen LogP contribution in [0.4, 0.5) is 13.2 Å². The van der Waals surface area contributed by atoms with Crippen molar-refractivity contribution in [3.8, 4) is 5.75 Å². The average Bonchev–Trinajstić information content (AvgIpc) is 2.36. The minimum absolute atomic E-state index is 0.407. The van der Waals surface area contributed by atoms with Crippen LogP contribution in [0.2, 0.25) is 0 Å². The topological polar surface area (TPSA) is 75.7 Å². The lowest BCUT2D eigenvalue weighted by Crippen LogP contribution is -2.36. The molecular formula is C11H13F3N2O4S. The number of ether oxygens (including phenoxy) is 1. The van der Waals surface area contributed by atoms with Crippen molar-refractivity contribution in [1.82, 2.24) is 9.62 Å². The molecule has 118 valence electrons. The van der Waals surface area contributed by atoms with Crippen molar-refractivity contribution in [2.24, 2.45) is 0 Å². The van der Waals surface area contributed by atoms with Gasteiger partial charge in [-0.25, -0.2) is 8.42 Å². The molecule has 0 spiro atoms. The number of alkyl halides is 3. The number of halogens is 3. The smallest absolute Gasteiger partial charge is 0.406 e. The van der Waals surface area contributed by atoms with Crippen molar-refractivity contribution in [3.05, 3.63) is 24.3 Å². The lowest BCUT2D eigenvalue weighted by atomic mass is 10.3. The fourth-order valence-corrected chi connectivity index (χ4v) is 2.54. The highest BCUT2D eigenvalue weighted by molar-refractivity contribution is 7.89. The zero-order valence-corrected chi connectivity index (χ0v) is 12.0. The fraction of sp³-hybridized carbons (Fsp3) is 0.364. The molecule has 0 aliphatic rings. The summed E-state index contributed by atoms with van der Waals surface area (Å²) >= 11 is 0. The van der Waals surface area contributed by atoms with Crippen LogP contribution < -0.4 is 10.1 Å². The summed E-state index contributed by atoms with van der Waals surface area (Å²) in [6.07, 6.45) is -4.92. The second kappa shape index (κ2) is 6.31. The molecule has 1 amide bonds. The molecule has 10 heteroatoms. The van der Waals surface area contributed by atoms with Crippen molar-refractivity contribution in [2.45, 2.75) is 11.3 Å². The molecule has 1 aromatic carbocycles. The summed E-state index contributed by atoms with van der Waals surface area (Å²) in [7, 11) is -1.62. The van der Waals surface area contributed by atoms with E-state index in [-0.39, 0.29) is 0 Å². The third-order valence-corrected chi connectivity index (χ3v) is 4.19. The number of likely N-dealkylation sites (N-methyl/N-ethyl adjacent to an activating group) is 2. The second-order valence-corrected chi connectivity index (χ2v) is 6.00. The van der Waals surface area contributed by atoms with Gasteiger partial charge in [-0.05, 0) is 12.1 Å². The number of rotatable bonds is 5. The summed E-state index contributed by atoms with van der Waals surface area (Å²) in [5, 5.41) is 2.24. The van der Waals surface area contributed by atoms with Crippen molar-refractivity contribution >= 4 is 15.9 Å². The molecule has 0 fully saturated rings. The van der Waals surface area contributed by atoms with Crippen LogP contribution in [-0.4, -0.2) is 45.6 Å². The Hall–Kier alpha value is -1.81. The highest BCUT2D eigenvalue weighted by Crippen LogP contribution is 2.25. The molecule has 0 heterocycles. The van der Waals surface area contributed by atoms with Crippen molar-refractivity contribution in [2.75, 3.05) is 20.6 Å². The first kappa shape index (κ1) is 17.2. The molecule has 0 aliphatic carbocycles. The van der Waals surface area contributed by atoms with Gasteiger partial charge in [0.15, 0.2) is 0 Å². The SMILES string of the molecule is CNC(=O)CN(C)S(=O)(=O)c1cccc(OC(F)(F)F)c1. The molecule has 0 aromatic heterocycles. The van der Waals surface area contributed by atoms with E-state index in [4.69, 9.17) is 0 Å². The number of benzene rings is 1. The Bertz CT molecular complexity index is 616. The van der Waals surface area contributed by atoms with Gasteiger partial charge in [0.05, 0.1) is 11.4 Å². The summed E-state index contributed by atoms with van der Waals surface area (Å²) < 4.78 is 64.9. The van der Waals surface area contributed by atoms with Crippen LogP contribution in [0.5, 0.6) is 5.75 Å². The first-order valence-corrected chi connectivity index (χ1v) is 7.03. The number of carbonyl (C=O) groups is 1. The number of nitrogens with one attached hydrogen (secondary N) is 1. The monoisotopic (exact) mass is 326 g/mol. The van der Waals surface area contributed by atoms with E-state index in [1.807, 2.05) is 0 Å². The van der Waals surface area contributed by atoms with E-state index in [2.05, 4.69) is 10.1 Å². The number of hydrogen-bond acceptors (Lipinski definition) is 4. The number of carbonyl (C=O) groups excluding carboxylic acids is 1. The van der Waals surface area contributed by atoms with E-state index in [0.29, 0.717) is 0 Å². The summed E-state index contributed by atoms with van der Waals surface area (Å²) in [6.45, 7) is -0.455. The van der Waals surface area contributed by atoms with Gasteiger partial charge >= 0.3 is 6.36 Å². The van der Waals surface area contributed by atoms with Crippen LogP contribution in [-0.2, 0) is 14.8 Å². The molecule has 1 aromatic rings. The Kier molecular flexibility index (Phi) is 5.18. The maximum Gasteiger partial charge on any atom is 0.573 e. The zero-order valence-electron chi connectivity index (χ0n) is 11.1. The van der Waals surface area contributed by atoms with Crippen LogP contribution in [0.1, 0.15) is 0 Å². The van der Waals surface area contributed by atoms with E-state index in [9.17, 15) is 26.4 Å². The number of amides is 1. The van der Waals surface area contributed by atoms with Crippen LogP contribution in [0.25, 0.3) is 0 Å². The summed E-state index contributed by atoms with van der Waals surface area (Å²) in [5.41, 5.74) is 0. The Balaban J connectivity index is 3.03. The lowest BCUT2D eigenvalue weighted by Gasteiger charge is -2.17. The predicted octanol–water partition coefficient (Wildman–Crippen LogP) is 0.952. The van der Waals surface area contributed by atoms with Gasteiger partial charge < -0.3 is 10.1 Å². The van der Waals surface area contributed by atoms with Crippen molar-refractivity contribution in [3.63, 3.8) is 0 Å². The molecule has 1 rings (SSSR count). The summed E-state index contributed by atoms with van der Waals surface area (Å²) in [6, 6.07) is 3.94. The Morgan fingerprint density at radius 1 is 1.38 bits per heavy atom. The Morgan fingerprint density at radius 3 is 2.52 bits per heavy atom.